The summed E-state index contributed by atoms with van der Waals surface area (Å²) >= 11 is 0. The van der Waals surface area contributed by atoms with Crippen LogP contribution < -0.4 is 11.5 Å². The highest BCUT2D eigenvalue weighted by Gasteiger charge is 2.19. The van der Waals surface area contributed by atoms with E-state index >= 15 is 0 Å². The summed E-state index contributed by atoms with van der Waals surface area (Å²) in [5.41, 5.74) is 9.71. The summed E-state index contributed by atoms with van der Waals surface area (Å²) in [6, 6.07) is 6.96. The Morgan fingerprint density at radius 1 is 1.07 bits per heavy atom. The van der Waals surface area contributed by atoms with E-state index in [9.17, 15) is 23.2 Å². The first-order valence-electron chi connectivity index (χ1n) is 7.43. The van der Waals surface area contributed by atoms with E-state index in [4.69, 9.17) is 11.5 Å². The van der Waals surface area contributed by atoms with Crippen LogP contribution in [0.15, 0.2) is 41.5 Å². The van der Waals surface area contributed by atoms with Gasteiger partial charge in [0.05, 0.1) is 16.8 Å². The molecule has 0 saturated carbocycles. The number of hydrogen-bond acceptors (Lipinski definition) is 3. The Balaban J connectivity index is 2.36. The summed E-state index contributed by atoms with van der Waals surface area (Å²) < 4.78 is 41.7. The molecule has 0 bridgehead atoms. The predicted octanol–water partition coefficient (Wildman–Crippen LogP) is 2.60. The molecule has 0 aliphatic rings. The summed E-state index contributed by atoms with van der Waals surface area (Å²) in [4.78, 5) is 19.4. The number of pyridine rings is 1. The third-order valence-corrected chi connectivity index (χ3v) is 3.73. The van der Waals surface area contributed by atoms with Gasteiger partial charge in [-0.15, -0.1) is 0 Å². The first kappa shape index (κ1) is 17.9. The van der Waals surface area contributed by atoms with Crippen LogP contribution in [0, 0.1) is 28.8 Å². The number of nitrogens with two attached hydrogens (primary N) is 2. The summed E-state index contributed by atoms with van der Waals surface area (Å²) in [6.07, 6.45) is 1.14. The van der Waals surface area contributed by atoms with Gasteiger partial charge < -0.3 is 11.5 Å². The number of carbonyl (C=O) groups excluding carboxylic acids is 1. The van der Waals surface area contributed by atoms with Crippen LogP contribution in [0.25, 0.3) is 22.0 Å². The van der Waals surface area contributed by atoms with Gasteiger partial charge in [-0.1, -0.05) is 6.07 Å². The van der Waals surface area contributed by atoms with Crippen LogP contribution in [0.1, 0.15) is 15.9 Å². The van der Waals surface area contributed by atoms with Crippen LogP contribution in [-0.2, 0) is 0 Å². The van der Waals surface area contributed by atoms with Crippen molar-refractivity contribution in [2.45, 2.75) is 0 Å². The maximum Gasteiger partial charge on any atom is 0.280 e. The molecule has 0 aliphatic heterocycles. The zero-order valence-corrected chi connectivity index (χ0v) is 13.5. The van der Waals surface area contributed by atoms with Gasteiger partial charge in [0.2, 0.25) is 0 Å². The lowest BCUT2D eigenvalue weighted by Gasteiger charge is -2.10. The number of guanidine groups is 1. The summed E-state index contributed by atoms with van der Waals surface area (Å²) in [6.45, 7) is 0. The van der Waals surface area contributed by atoms with Gasteiger partial charge in [-0.25, -0.2) is 13.2 Å². The van der Waals surface area contributed by atoms with Crippen molar-refractivity contribution in [3.05, 3.63) is 65.1 Å². The molecule has 0 spiro atoms. The summed E-state index contributed by atoms with van der Waals surface area (Å²) in [5.74, 6) is -4.68. The van der Waals surface area contributed by atoms with Gasteiger partial charge in [-0.2, -0.15) is 10.3 Å². The largest absolute Gasteiger partial charge is 0.370 e. The number of nitrogens with zero attached hydrogens (tertiary/aromatic N) is 3. The SMILES string of the molecule is N#Cc1cnc(-c2c(F)cc(F)cc2F)c2cc(C(=O)N=C(N)N)ccc12. The molecular formula is C18H10F3N5O. The number of nitriles is 1. The average Bonchev–Trinajstić information content (AvgIpc) is 2.60. The quantitative estimate of drug-likeness (QED) is 0.532. The van der Waals surface area contributed by atoms with Gasteiger partial charge in [0.15, 0.2) is 5.96 Å². The first-order chi connectivity index (χ1) is 12.8. The lowest BCUT2D eigenvalue weighted by Crippen LogP contribution is -2.24. The van der Waals surface area contributed by atoms with E-state index in [0.717, 1.165) is 6.20 Å². The molecule has 3 aromatic rings. The van der Waals surface area contributed by atoms with Gasteiger partial charge in [0.25, 0.3) is 5.91 Å². The molecule has 0 aliphatic carbocycles. The fourth-order valence-electron chi connectivity index (χ4n) is 2.61. The number of aromatic nitrogens is 1. The van der Waals surface area contributed by atoms with Gasteiger partial charge in [-0.3, -0.25) is 9.78 Å². The lowest BCUT2D eigenvalue weighted by atomic mass is 9.98. The molecule has 1 aromatic heterocycles. The van der Waals surface area contributed by atoms with E-state index in [2.05, 4.69) is 9.98 Å². The molecule has 4 N–H and O–H groups in total. The van der Waals surface area contributed by atoms with Crippen molar-refractivity contribution in [2.75, 3.05) is 0 Å². The third-order valence-electron chi connectivity index (χ3n) is 3.73. The van der Waals surface area contributed by atoms with Crippen LogP contribution in [0.3, 0.4) is 0 Å². The standard InChI is InChI=1S/C18H10F3N5O/c19-10-4-13(20)15(14(21)5-10)16-12-3-8(17(27)26-18(23)24)1-2-11(12)9(6-22)7-25-16/h1-5,7H,(H4,23,24,26,27). The van der Waals surface area contributed by atoms with Crippen LogP contribution in [0.5, 0.6) is 0 Å². The van der Waals surface area contributed by atoms with E-state index < -0.39 is 34.9 Å². The van der Waals surface area contributed by atoms with Crippen molar-refractivity contribution in [2.24, 2.45) is 16.5 Å². The van der Waals surface area contributed by atoms with Gasteiger partial charge in [0, 0.05) is 34.7 Å². The third kappa shape index (κ3) is 3.28. The molecule has 6 nitrogen and oxygen atoms in total. The normalized spacial score (nSPS) is 10.4. The fraction of sp³-hybridized carbons (Fsp3) is 0. The minimum absolute atomic E-state index is 0.0111. The molecule has 0 atom stereocenters. The average molecular weight is 369 g/mol. The Morgan fingerprint density at radius 3 is 2.33 bits per heavy atom. The Kier molecular flexibility index (Phi) is 4.48. The Morgan fingerprint density at radius 2 is 1.74 bits per heavy atom. The molecule has 0 fully saturated rings. The highest BCUT2D eigenvalue weighted by Crippen LogP contribution is 2.33. The molecule has 1 heterocycles. The molecule has 3 rings (SSSR count). The second kappa shape index (κ2) is 6.76. The van der Waals surface area contributed by atoms with Crippen LogP contribution >= 0.6 is 0 Å². The maximum atomic E-state index is 14.2. The number of halogens is 3. The molecule has 9 heteroatoms. The fourth-order valence-corrected chi connectivity index (χ4v) is 2.61. The van der Waals surface area contributed by atoms with Crippen molar-refractivity contribution >= 4 is 22.6 Å². The minimum atomic E-state index is -1.17. The predicted molar refractivity (Wildman–Crippen MR) is 91.9 cm³/mol. The van der Waals surface area contributed by atoms with Crippen LogP contribution in [-0.4, -0.2) is 16.9 Å². The van der Waals surface area contributed by atoms with Gasteiger partial charge in [0.1, 0.15) is 23.5 Å². The maximum absolute atomic E-state index is 14.2. The highest BCUT2D eigenvalue weighted by molar-refractivity contribution is 6.06. The zero-order valence-electron chi connectivity index (χ0n) is 13.5. The Labute approximate surface area is 150 Å². The molecule has 0 saturated heterocycles. The van der Waals surface area contributed by atoms with Gasteiger partial charge >= 0.3 is 0 Å². The topological polar surface area (TPSA) is 118 Å². The number of aliphatic imine (C=N–C) groups is 1. The van der Waals surface area contributed by atoms with Crippen molar-refractivity contribution in [3.8, 4) is 17.3 Å². The molecular weight excluding hydrogens is 359 g/mol. The van der Waals surface area contributed by atoms with Gasteiger partial charge in [-0.05, 0) is 12.1 Å². The van der Waals surface area contributed by atoms with Crippen molar-refractivity contribution in [3.63, 3.8) is 0 Å². The summed E-state index contributed by atoms with van der Waals surface area (Å²) in [5, 5.41) is 9.64. The molecule has 1 amide bonds. The van der Waals surface area contributed by atoms with Crippen LogP contribution in [0.4, 0.5) is 13.2 Å². The molecule has 134 valence electrons. The molecule has 27 heavy (non-hydrogen) atoms. The number of hydrogen-bond donors (Lipinski definition) is 2. The second-order valence-electron chi connectivity index (χ2n) is 5.48. The lowest BCUT2D eigenvalue weighted by molar-refractivity contribution is 0.100. The molecule has 2 aromatic carbocycles. The zero-order chi connectivity index (χ0) is 19.7. The number of amides is 1. The first-order valence-corrected chi connectivity index (χ1v) is 7.43. The second-order valence-corrected chi connectivity index (χ2v) is 5.48. The van der Waals surface area contributed by atoms with E-state index in [1.807, 2.05) is 6.07 Å². The molecule has 0 unspecified atom stereocenters. The summed E-state index contributed by atoms with van der Waals surface area (Å²) in [7, 11) is 0. The van der Waals surface area contributed by atoms with E-state index in [1.165, 1.54) is 18.2 Å². The Bertz CT molecular complexity index is 1140. The number of rotatable bonds is 2. The van der Waals surface area contributed by atoms with Crippen molar-refractivity contribution < 1.29 is 18.0 Å². The van der Waals surface area contributed by atoms with E-state index in [1.54, 1.807) is 0 Å². The van der Waals surface area contributed by atoms with E-state index in [0.29, 0.717) is 17.5 Å². The number of benzene rings is 2. The molecule has 0 radical (unpaired) electrons. The highest BCUT2D eigenvalue weighted by atomic mass is 19.1. The number of carbonyl (C=O) groups is 1. The van der Waals surface area contributed by atoms with Crippen molar-refractivity contribution in [1.29, 1.82) is 5.26 Å². The van der Waals surface area contributed by atoms with E-state index in [-0.39, 0.29) is 22.2 Å². The van der Waals surface area contributed by atoms with Crippen LogP contribution in [0.2, 0.25) is 0 Å². The number of fused-ring (bicyclic) bond motifs is 1. The smallest absolute Gasteiger partial charge is 0.280 e. The Hall–Kier alpha value is -3.93. The minimum Gasteiger partial charge on any atom is -0.370 e. The van der Waals surface area contributed by atoms with Crippen molar-refractivity contribution in [1.82, 2.24) is 4.98 Å². The monoisotopic (exact) mass is 369 g/mol.